The zero-order chi connectivity index (χ0) is 27.1. The van der Waals surface area contributed by atoms with E-state index in [0.717, 1.165) is 39.7 Å². The third-order valence-electron chi connectivity index (χ3n) is 8.09. The van der Waals surface area contributed by atoms with Crippen molar-refractivity contribution in [3.8, 4) is 11.5 Å². The van der Waals surface area contributed by atoms with E-state index < -0.39 is 5.54 Å². The van der Waals surface area contributed by atoms with E-state index in [1.807, 2.05) is 73.7 Å². The number of aromatic amines is 1. The van der Waals surface area contributed by atoms with Gasteiger partial charge in [0.1, 0.15) is 6.54 Å². The van der Waals surface area contributed by atoms with E-state index in [2.05, 4.69) is 18.0 Å². The SMILES string of the molecule is CCCOc1ccc(C2CN3C(=O)CN(Cc4ccccc4)C(=O)C3(C)c3[nH]c4ccccc4c32)cc1OC. The van der Waals surface area contributed by atoms with E-state index in [9.17, 15) is 9.59 Å². The lowest BCUT2D eigenvalue weighted by Gasteiger charge is -2.51. The third kappa shape index (κ3) is 4.04. The second-order valence-corrected chi connectivity index (χ2v) is 10.5. The second kappa shape index (κ2) is 9.80. The van der Waals surface area contributed by atoms with Gasteiger partial charge in [-0.1, -0.05) is 61.5 Å². The highest BCUT2D eigenvalue weighted by atomic mass is 16.5. The molecule has 7 heteroatoms. The number of amides is 2. The number of benzene rings is 3. The highest BCUT2D eigenvalue weighted by Crippen LogP contribution is 2.49. The summed E-state index contributed by atoms with van der Waals surface area (Å²) in [6.45, 7) is 5.40. The van der Waals surface area contributed by atoms with Gasteiger partial charge in [0.25, 0.3) is 5.91 Å². The number of para-hydroxylation sites is 1. The van der Waals surface area contributed by atoms with Gasteiger partial charge in [-0.05, 0) is 48.2 Å². The maximum absolute atomic E-state index is 14.2. The Bertz CT molecular complexity index is 1550. The van der Waals surface area contributed by atoms with Crippen molar-refractivity contribution >= 4 is 22.7 Å². The molecule has 3 aromatic carbocycles. The Hall–Kier alpha value is -4.26. The van der Waals surface area contributed by atoms with Crippen LogP contribution in [0.5, 0.6) is 11.5 Å². The van der Waals surface area contributed by atoms with Gasteiger partial charge >= 0.3 is 0 Å². The number of fused-ring (bicyclic) bond motifs is 5. The number of H-pyrrole nitrogens is 1. The Kier molecular flexibility index (Phi) is 6.29. The number of hydrogen-bond donors (Lipinski definition) is 1. The van der Waals surface area contributed by atoms with Crippen molar-refractivity contribution in [1.82, 2.24) is 14.8 Å². The van der Waals surface area contributed by atoms with E-state index in [1.54, 1.807) is 16.9 Å². The summed E-state index contributed by atoms with van der Waals surface area (Å²) < 4.78 is 11.6. The summed E-state index contributed by atoms with van der Waals surface area (Å²) in [6.07, 6.45) is 0.900. The normalized spacial score (nSPS) is 20.6. The van der Waals surface area contributed by atoms with E-state index in [4.69, 9.17) is 9.47 Å². The summed E-state index contributed by atoms with van der Waals surface area (Å²) in [5, 5.41) is 1.06. The van der Waals surface area contributed by atoms with Gasteiger partial charge < -0.3 is 24.3 Å². The predicted molar refractivity (Wildman–Crippen MR) is 150 cm³/mol. The van der Waals surface area contributed by atoms with Crippen molar-refractivity contribution in [3.63, 3.8) is 0 Å². The lowest BCUT2D eigenvalue weighted by molar-refractivity contribution is -0.166. The van der Waals surface area contributed by atoms with Crippen LogP contribution in [0.3, 0.4) is 0 Å². The predicted octanol–water partition coefficient (Wildman–Crippen LogP) is 5.20. The van der Waals surface area contributed by atoms with E-state index in [-0.39, 0.29) is 24.3 Å². The molecule has 3 heterocycles. The number of hydrogen-bond acceptors (Lipinski definition) is 4. The Labute approximate surface area is 228 Å². The average Bonchev–Trinajstić information content (AvgIpc) is 3.36. The molecule has 0 radical (unpaired) electrons. The van der Waals surface area contributed by atoms with Gasteiger partial charge in [-0.3, -0.25) is 9.59 Å². The molecule has 1 N–H and O–H groups in total. The lowest BCUT2D eigenvalue weighted by atomic mass is 9.76. The molecule has 2 aliphatic rings. The van der Waals surface area contributed by atoms with Crippen LogP contribution >= 0.6 is 0 Å². The third-order valence-corrected chi connectivity index (χ3v) is 8.09. The second-order valence-electron chi connectivity index (χ2n) is 10.5. The fraction of sp³-hybridized carbons (Fsp3) is 0.312. The smallest absolute Gasteiger partial charge is 0.255 e. The maximum Gasteiger partial charge on any atom is 0.255 e. The molecule has 2 unspecified atom stereocenters. The van der Waals surface area contributed by atoms with Crippen molar-refractivity contribution in [3.05, 3.63) is 95.2 Å². The molecule has 0 spiro atoms. The van der Waals surface area contributed by atoms with Crippen molar-refractivity contribution in [1.29, 1.82) is 0 Å². The van der Waals surface area contributed by atoms with Gasteiger partial charge in [0.2, 0.25) is 5.91 Å². The molecule has 1 saturated heterocycles. The van der Waals surface area contributed by atoms with Gasteiger partial charge in [-0.2, -0.15) is 0 Å². The molecule has 39 heavy (non-hydrogen) atoms. The molecule has 2 aliphatic heterocycles. The van der Waals surface area contributed by atoms with Crippen LogP contribution in [0.15, 0.2) is 72.8 Å². The van der Waals surface area contributed by atoms with Crippen molar-refractivity contribution in [2.45, 2.75) is 38.3 Å². The molecule has 2 amide bonds. The van der Waals surface area contributed by atoms with Crippen molar-refractivity contribution in [2.24, 2.45) is 0 Å². The first kappa shape index (κ1) is 25.0. The first-order chi connectivity index (χ1) is 19.0. The summed E-state index contributed by atoms with van der Waals surface area (Å²) in [6, 6.07) is 23.9. The molecule has 0 bridgehead atoms. The molecule has 0 aliphatic carbocycles. The van der Waals surface area contributed by atoms with Crippen LogP contribution in [0, 0.1) is 0 Å². The number of carbonyl (C=O) groups excluding carboxylic acids is 2. The maximum atomic E-state index is 14.2. The number of nitrogens with one attached hydrogen (secondary N) is 1. The average molecular weight is 524 g/mol. The number of piperazine rings is 1. The van der Waals surface area contributed by atoms with Crippen molar-refractivity contribution < 1.29 is 19.1 Å². The first-order valence-corrected chi connectivity index (χ1v) is 13.5. The summed E-state index contributed by atoms with van der Waals surface area (Å²) in [7, 11) is 1.64. The molecular formula is C32H33N3O4. The van der Waals surface area contributed by atoms with Gasteiger partial charge in [0.15, 0.2) is 17.0 Å². The first-order valence-electron chi connectivity index (χ1n) is 13.5. The fourth-order valence-electron chi connectivity index (χ4n) is 6.14. The number of methoxy groups -OCH3 is 1. The zero-order valence-corrected chi connectivity index (χ0v) is 22.6. The van der Waals surface area contributed by atoms with Crippen LogP contribution in [0.2, 0.25) is 0 Å². The van der Waals surface area contributed by atoms with Crippen LogP contribution in [0.1, 0.15) is 48.6 Å². The quantitative estimate of drug-likeness (QED) is 0.362. The summed E-state index contributed by atoms with van der Waals surface area (Å²) in [4.78, 5) is 35.0. The number of aromatic nitrogens is 1. The van der Waals surface area contributed by atoms with Crippen LogP contribution < -0.4 is 9.47 Å². The van der Waals surface area contributed by atoms with Gasteiger partial charge in [0, 0.05) is 29.9 Å². The molecule has 1 aromatic heterocycles. The van der Waals surface area contributed by atoms with Crippen LogP contribution in [0.4, 0.5) is 0 Å². The highest BCUT2D eigenvalue weighted by molar-refractivity contribution is 6.01. The largest absolute Gasteiger partial charge is 0.493 e. The van der Waals surface area contributed by atoms with E-state index in [0.29, 0.717) is 31.2 Å². The van der Waals surface area contributed by atoms with Crippen LogP contribution in [-0.4, -0.2) is 53.4 Å². The molecule has 200 valence electrons. The fourth-order valence-corrected chi connectivity index (χ4v) is 6.14. The zero-order valence-electron chi connectivity index (χ0n) is 22.6. The van der Waals surface area contributed by atoms with E-state index in [1.165, 1.54) is 0 Å². The Balaban J connectivity index is 1.47. The Morgan fingerprint density at radius 2 is 1.77 bits per heavy atom. The van der Waals surface area contributed by atoms with Crippen LogP contribution in [0.25, 0.3) is 10.9 Å². The minimum Gasteiger partial charge on any atom is -0.493 e. The highest BCUT2D eigenvalue weighted by Gasteiger charge is 2.56. The number of rotatable bonds is 7. The van der Waals surface area contributed by atoms with Gasteiger partial charge in [0.05, 0.1) is 19.4 Å². The standard InChI is InChI=1S/C32H33N3O4/c1-4-16-39-26-15-14-22(17-27(26)38-3)24-19-35-28(36)20-34(18-21-10-6-5-7-11-21)31(37)32(35,2)30-29(24)23-12-8-9-13-25(23)33-30/h5-15,17,24,33H,4,16,18-20H2,1-3H3. The van der Waals surface area contributed by atoms with Gasteiger partial charge in [-0.15, -0.1) is 0 Å². The van der Waals surface area contributed by atoms with Crippen LogP contribution in [-0.2, 0) is 21.7 Å². The Morgan fingerprint density at radius 3 is 2.54 bits per heavy atom. The lowest BCUT2D eigenvalue weighted by Crippen LogP contribution is -2.67. The van der Waals surface area contributed by atoms with Crippen molar-refractivity contribution in [2.75, 3.05) is 26.8 Å². The minimum absolute atomic E-state index is 0.0543. The minimum atomic E-state index is -1.14. The topological polar surface area (TPSA) is 74.9 Å². The number of carbonyl (C=O) groups is 2. The molecule has 0 saturated carbocycles. The number of ether oxygens (including phenoxy) is 2. The Morgan fingerprint density at radius 1 is 1.00 bits per heavy atom. The summed E-state index contributed by atoms with van der Waals surface area (Å²) >= 11 is 0. The molecule has 4 aromatic rings. The molecule has 6 rings (SSSR count). The summed E-state index contributed by atoms with van der Waals surface area (Å²) in [5.74, 6) is 1.08. The molecule has 1 fully saturated rings. The summed E-state index contributed by atoms with van der Waals surface area (Å²) in [5.41, 5.74) is 3.65. The van der Waals surface area contributed by atoms with Gasteiger partial charge in [-0.25, -0.2) is 0 Å². The monoisotopic (exact) mass is 523 g/mol. The molecule has 7 nitrogen and oxygen atoms in total. The van der Waals surface area contributed by atoms with E-state index >= 15 is 0 Å². The number of nitrogens with zero attached hydrogens (tertiary/aromatic N) is 2. The molecule has 2 atom stereocenters. The molecular weight excluding hydrogens is 490 g/mol.